The molecule has 2 unspecified atom stereocenters. The Kier molecular flexibility index (Phi) is 7.13. The van der Waals surface area contributed by atoms with Crippen molar-refractivity contribution < 1.29 is 29.2 Å². The van der Waals surface area contributed by atoms with Crippen molar-refractivity contribution in [1.82, 2.24) is 0 Å². The van der Waals surface area contributed by atoms with Crippen LogP contribution in [0.15, 0.2) is 40.9 Å². The van der Waals surface area contributed by atoms with E-state index in [-0.39, 0.29) is 0 Å². The van der Waals surface area contributed by atoms with Gasteiger partial charge in [0.2, 0.25) is 0 Å². The van der Waals surface area contributed by atoms with Gasteiger partial charge >= 0.3 is 0 Å². The van der Waals surface area contributed by atoms with E-state index in [2.05, 4.69) is 22.9 Å². The molecule has 2 aromatic carbocycles. The molecular formula is C24H29BrO6. The highest BCUT2D eigenvalue weighted by atomic mass is 79.9. The Morgan fingerprint density at radius 2 is 1.74 bits per heavy atom. The van der Waals surface area contributed by atoms with Gasteiger partial charge in [0.15, 0.2) is 12.6 Å². The summed E-state index contributed by atoms with van der Waals surface area (Å²) in [6.45, 7) is 6.04. The number of ether oxygens (including phenoxy) is 4. The van der Waals surface area contributed by atoms with Crippen molar-refractivity contribution in [3.8, 4) is 0 Å². The maximum Gasteiger partial charge on any atom is 0.184 e. The van der Waals surface area contributed by atoms with E-state index in [1.54, 1.807) is 0 Å². The molecule has 0 aromatic heterocycles. The summed E-state index contributed by atoms with van der Waals surface area (Å²) in [5, 5.41) is 20.1. The van der Waals surface area contributed by atoms with Crippen LogP contribution in [0, 0.1) is 13.8 Å². The third-order valence-electron chi connectivity index (χ3n) is 6.06. The number of rotatable bonds is 5. The fourth-order valence-corrected chi connectivity index (χ4v) is 4.69. The first-order valence-electron chi connectivity index (χ1n) is 10.6. The summed E-state index contributed by atoms with van der Waals surface area (Å²) >= 11 is 3.60. The number of halogens is 1. The zero-order valence-electron chi connectivity index (χ0n) is 18.0. The summed E-state index contributed by atoms with van der Waals surface area (Å²) in [6.07, 6.45) is -3.21. The van der Waals surface area contributed by atoms with Crippen molar-refractivity contribution in [2.24, 2.45) is 0 Å². The Balaban J connectivity index is 1.56. The maximum atomic E-state index is 10.5. The van der Waals surface area contributed by atoms with Gasteiger partial charge in [-0.2, -0.15) is 0 Å². The molecule has 0 amide bonds. The third-order valence-corrected chi connectivity index (χ3v) is 6.80. The highest BCUT2D eigenvalue weighted by Crippen LogP contribution is 2.39. The SMILES string of the molecule is CCc1ccc(C2OC[C@@H]3OC(c4ccc(C)c(C)c4)O[C@H]([C@H](O)CO)[C@@H]3O2)cc1Br. The number of benzene rings is 2. The van der Waals surface area contributed by atoms with Crippen LogP contribution in [0.5, 0.6) is 0 Å². The van der Waals surface area contributed by atoms with Crippen molar-refractivity contribution in [1.29, 1.82) is 0 Å². The average molecular weight is 493 g/mol. The molecule has 0 bridgehead atoms. The van der Waals surface area contributed by atoms with Crippen LogP contribution in [0.4, 0.5) is 0 Å². The van der Waals surface area contributed by atoms with Crippen LogP contribution in [-0.2, 0) is 25.4 Å². The summed E-state index contributed by atoms with van der Waals surface area (Å²) in [5.41, 5.74) is 5.24. The molecule has 6 atom stereocenters. The number of aliphatic hydroxyl groups is 2. The number of aryl methyl sites for hydroxylation is 3. The summed E-state index contributed by atoms with van der Waals surface area (Å²) in [5.74, 6) is 0. The topological polar surface area (TPSA) is 77.4 Å². The van der Waals surface area contributed by atoms with Gasteiger partial charge in [0, 0.05) is 15.6 Å². The predicted molar refractivity (Wildman–Crippen MR) is 119 cm³/mol. The molecule has 2 fully saturated rings. The second kappa shape index (κ2) is 9.67. The molecule has 2 aliphatic heterocycles. The molecule has 6 nitrogen and oxygen atoms in total. The summed E-state index contributed by atoms with van der Waals surface area (Å²) in [6, 6.07) is 12.0. The van der Waals surface area contributed by atoms with E-state index in [4.69, 9.17) is 18.9 Å². The molecule has 4 rings (SSSR count). The Hall–Kier alpha value is -1.32. The largest absolute Gasteiger partial charge is 0.394 e. The minimum absolute atomic E-state index is 0.293. The zero-order chi connectivity index (χ0) is 22.1. The van der Waals surface area contributed by atoms with Crippen LogP contribution in [0.3, 0.4) is 0 Å². The van der Waals surface area contributed by atoms with Crippen LogP contribution in [0.2, 0.25) is 0 Å². The van der Waals surface area contributed by atoms with Gasteiger partial charge < -0.3 is 29.2 Å². The fraction of sp³-hybridized carbons (Fsp3) is 0.500. The van der Waals surface area contributed by atoms with Crippen molar-refractivity contribution in [2.75, 3.05) is 13.2 Å². The lowest BCUT2D eigenvalue weighted by molar-refractivity contribution is -0.373. The van der Waals surface area contributed by atoms with Gasteiger partial charge in [-0.15, -0.1) is 0 Å². The van der Waals surface area contributed by atoms with E-state index in [1.165, 1.54) is 11.1 Å². The first-order chi connectivity index (χ1) is 14.9. The van der Waals surface area contributed by atoms with Crippen molar-refractivity contribution in [2.45, 2.75) is 64.2 Å². The summed E-state index contributed by atoms with van der Waals surface area (Å²) < 4.78 is 25.5. The Morgan fingerprint density at radius 3 is 2.42 bits per heavy atom. The van der Waals surface area contributed by atoms with Gasteiger partial charge in [0.05, 0.1) is 13.2 Å². The van der Waals surface area contributed by atoms with E-state index in [1.807, 2.05) is 50.2 Å². The summed E-state index contributed by atoms with van der Waals surface area (Å²) in [7, 11) is 0. The molecule has 7 heteroatoms. The molecule has 0 radical (unpaired) electrons. The number of hydrogen-bond acceptors (Lipinski definition) is 6. The second-order valence-corrected chi connectivity index (χ2v) is 9.03. The van der Waals surface area contributed by atoms with Crippen LogP contribution < -0.4 is 0 Å². The smallest absolute Gasteiger partial charge is 0.184 e. The van der Waals surface area contributed by atoms with Gasteiger partial charge in [-0.1, -0.05) is 53.2 Å². The standard InChI is InChI=1S/C24H29BrO6/c1-4-15-7-8-17(10-18(15)25)23-28-12-20-22(31-23)21(19(27)11-26)30-24(29-20)16-6-5-13(2)14(3)9-16/h5-10,19-24,26-27H,4,11-12H2,1-3H3/t19-,20+,21-,22-,23?,24?/m1/s1. The molecule has 0 aliphatic carbocycles. The number of fused-ring (bicyclic) bond motifs is 1. The molecule has 0 saturated carbocycles. The van der Waals surface area contributed by atoms with Gasteiger partial charge in [0.1, 0.15) is 24.4 Å². The van der Waals surface area contributed by atoms with E-state index in [0.717, 1.165) is 27.6 Å². The summed E-state index contributed by atoms with van der Waals surface area (Å²) in [4.78, 5) is 0. The van der Waals surface area contributed by atoms with Gasteiger partial charge in [-0.3, -0.25) is 0 Å². The molecule has 31 heavy (non-hydrogen) atoms. The van der Waals surface area contributed by atoms with E-state index in [0.29, 0.717) is 6.61 Å². The normalized spacial score (nSPS) is 29.4. The Morgan fingerprint density at radius 1 is 1.00 bits per heavy atom. The molecule has 2 saturated heterocycles. The molecule has 2 aliphatic rings. The van der Waals surface area contributed by atoms with Crippen molar-refractivity contribution in [3.63, 3.8) is 0 Å². The van der Waals surface area contributed by atoms with Gasteiger partial charge in [-0.25, -0.2) is 0 Å². The van der Waals surface area contributed by atoms with Gasteiger partial charge in [-0.05, 0) is 43.0 Å². The van der Waals surface area contributed by atoms with Crippen LogP contribution in [-0.4, -0.2) is 47.8 Å². The lowest BCUT2D eigenvalue weighted by Gasteiger charge is -2.47. The first-order valence-corrected chi connectivity index (χ1v) is 11.4. The van der Waals surface area contributed by atoms with Gasteiger partial charge in [0.25, 0.3) is 0 Å². The maximum absolute atomic E-state index is 10.5. The first kappa shape index (κ1) is 22.9. The van der Waals surface area contributed by atoms with Crippen molar-refractivity contribution in [3.05, 3.63) is 68.7 Å². The van der Waals surface area contributed by atoms with Crippen LogP contribution >= 0.6 is 15.9 Å². The molecular weight excluding hydrogens is 464 g/mol. The third kappa shape index (κ3) is 4.73. The quantitative estimate of drug-likeness (QED) is 0.659. The van der Waals surface area contributed by atoms with E-state index >= 15 is 0 Å². The highest BCUT2D eigenvalue weighted by Gasteiger charge is 2.48. The highest BCUT2D eigenvalue weighted by molar-refractivity contribution is 9.10. The van der Waals surface area contributed by atoms with Crippen molar-refractivity contribution >= 4 is 15.9 Å². The molecule has 0 spiro atoms. The minimum Gasteiger partial charge on any atom is -0.394 e. The van der Waals surface area contributed by atoms with Crippen LogP contribution in [0.25, 0.3) is 0 Å². The average Bonchev–Trinajstić information content (AvgIpc) is 2.79. The predicted octanol–water partition coefficient (Wildman–Crippen LogP) is 3.88. The Labute approximate surface area is 191 Å². The fourth-order valence-electron chi connectivity index (χ4n) is 4.02. The minimum atomic E-state index is -1.10. The Bertz CT molecular complexity index is 919. The number of aliphatic hydroxyl groups excluding tert-OH is 2. The molecule has 2 aromatic rings. The van der Waals surface area contributed by atoms with E-state index in [9.17, 15) is 10.2 Å². The lowest BCUT2D eigenvalue weighted by Crippen LogP contribution is -2.58. The monoisotopic (exact) mass is 492 g/mol. The van der Waals surface area contributed by atoms with Crippen LogP contribution in [0.1, 0.15) is 47.3 Å². The molecule has 2 N–H and O–H groups in total. The molecule has 2 heterocycles. The lowest BCUT2D eigenvalue weighted by atomic mass is 9.99. The molecule has 168 valence electrons. The van der Waals surface area contributed by atoms with E-state index < -0.39 is 43.6 Å². The number of hydrogen-bond donors (Lipinski definition) is 2. The second-order valence-electron chi connectivity index (χ2n) is 8.17. The zero-order valence-corrected chi connectivity index (χ0v) is 19.5.